The van der Waals surface area contributed by atoms with E-state index in [0.29, 0.717) is 0 Å². The highest BCUT2D eigenvalue weighted by atomic mass is 32.2. The van der Waals surface area contributed by atoms with Gasteiger partial charge in [0.1, 0.15) is 29.8 Å². The highest BCUT2D eigenvalue weighted by molar-refractivity contribution is 8.14. The van der Waals surface area contributed by atoms with Crippen molar-refractivity contribution in [1.29, 1.82) is 0 Å². The van der Waals surface area contributed by atoms with Crippen molar-refractivity contribution in [3.8, 4) is 0 Å². The minimum atomic E-state index is -1.09. The third-order valence-electron chi connectivity index (χ3n) is 2.71. The lowest BCUT2D eigenvalue weighted by molar-refractivity contribution is -0.164. The summed E-state index contributed by atoms with van der Waals surface area (Å²) in [5, 5.41) is 29.3. The number of fused-ring (bicyclic) bond motifs is 1. The van der Waals surface area contributed by atoms with Crippen molar-refractivity contribution in [2.24, 2.45) is 4.99 Å². The van der Waals surface area contributed by atoms with Crippen molar-refractivity contribution in [3.63, 3.8) is 0 Å². The molecule has 0 spiro atoms. The van der Waals surface area contributed by atoms with E-state index < -0.39 is 24.4 Å². The third kappa shape index (κ3) is 1.93. The molecular formula is C9H16N2O4S. The zero-order valence-corrected chi connectivity index (χ0v) is 9.96. The van der Waals surface area contributed by atoms with Crippen LogP contribution in [-0.4, -0.2) is 75.9 Å². The van der Waals surface area contributed by atoms with Crippen LogP contribution >= 0.6 is 11.8 Å². The van der Waals surface area contributed by atoms with E-state index in [1.807, 2.05) is 19.0 Å². The van der Waals surface area contributed by atoms with Crippen LogP contribution in [0, 0.1) is 0 Å². The van der Waals surface area contributed by atoms with E-state index in [1.165, 1.54) is 11.8 Å². The summed E-state index contributed by atoms with van der Waals surface area (Å²) in [5.74, 6) is 0. The average Bonchev–Trinajstić information content (AvgIpc) is 2.67. The van der Waals surface area contributed by atoms with E-state index in [9.17, 15) is 10.2 Å². The number of thioether (sulfide) groups is 1. The van der Waals surface area contributed by atoms with Crippen LogP contribution in [0.15, 0.2) is 4.99 Å². The Morgan fingerprint density at radius 3 is 2.62 bits per heavy atom. The summed E-state index contributed by atoms with van der Waals surface area (Å²) in [6.45, 7) is -0.306. The highest BCUT2D eigenvalue weighted by Gasteiger charge is 2.48. The molecule has 16 heavy (non-hydrogen) atoms. The number of aliphatic imine (C=N–C) groups is 1. The Balaban J connectivity index is 2.14. The summed E-state index contributed by atoms with van der Waals surface area (Å²) in [6, 6.07) is -0.458. The van der Waals surface area contributed by atoms with Crippen molar-refractivity contribution in [2.75, 3.05) is 20.7 Å². The number of aliphatic hydroxyl groups excluding tert-OH is 3. The molecule has 0 aromatic heterocycles. The van der Waals surface area contributed by atoms with Crippen molar-refractivity contribution in [3.05, 3.63) is 0 Å². The summed E-state index contributed by atoms with van der Waals surface area (Å²) in [4.78, 5) is 6.13. The molecule has 0 radical (unpaired) electrons. The molecule has 7 heteroatoms. The fourth-order valence-corrected chi connectivity index (χ4v) is 2.95. The molecule has 6 nitrogen and oxygen atoms in total. The lowest BCUT2D eigenvalue weighted by atomic mass is 9.99. The maximum atomic E-state index is 9.87. The van der Waals surface area contributed by atoms with Gasteiger partial charge in [-0.1, -0.05) is 11.8 Å². The second-order valence-corrected chi connectivity index (χ2v) is 5.19. The number of nitrogens with zero attached hydrogens (tertiary/aromatic N) is 2. The van der Waals surface area contributed by atoms with E-state index >= 15 is 0 Å². The number of rotatable bonds is 1. The Hall–Kier alpha value is -0.340. The summed E-state index contributed by atoms with van der Waals surface area (Å²) < 4.78 is 5.48. The van der Waals surface area contributed by atoms with Gasteiger partial charge in [0.15, 0.2) is 5.17 Å². The fourth-order valence-electron chi connectivity index (χ4n) is 1.78. The van der Waals surface area contributed by atoms with Gasteiger partial charge in [0, 0.05) is 14.1 Å². The first-order valence-corrected chi connectivity index (χ1v) is 5.96. The predicted octanol–water partition coefficient (Wildman–Crippen LogP) is -1.54. The van der Waals surface area contributed by atoms with Gasteiger partial charge in [-0.3, -0.25) is 4.99 Å². The molecule has 3 N–H and O–H groups in total. The Bertz CT molecular complexity index is 299. The molecule has 0 aromatic rings. The molecular weight excluding hydrogens is 232 g/mol. The van der Waals surface area contributed by atoms with E-state index in [4.69, 9.17) is 9.84 Å². The van der Waals surface area contributed by atoms with E-state index in [-0.39, 0.29) is 12.0 Å². The second kappa shape index (κ2) is 4.50. The molecule has 0 bridgehead atoms. The molecule has 2 rings (SSSR count). The molecule has 0 unspecified atom stereocenters. The highest BCUT2D eigenvalue weighted by Crippen LogP contribution is 2.36. The summed E-state index contributed by atoms with van der Waals surface area (Å²) >= 11 is 1.40. The van der Waals surface area contributed by atoms with Gasteiger partial charge < -0.3 is 25.0 Å². The van der Waals surface area contributed by atoms with Gasteiger partial charge in [0.2, 0.25) is 0 Å². The lowest BCUT2D eigenvalue weighted by Gasteiger charge is -2.37. The van der Waals surface area contributed by atoms with Gasteiger partial charge in [-0.2, -0.15) is 0 Å². The van der Waals surface area contributed by atoms with Gasteiger partial charge in [-0.15, -0.1) is 0 Å². The largest absolute Gasteiger partial charge is 0.394 e. The lowest BCUT2D eigenvalue weighted by Crippen LogP contribution is -2.55. The van der Waals surface area contributed by atoms with Crippen LogP contribution < -0.4 is 0 Å². The molecule has 0 aromatic carbocycles. The summed E-state index contributed by atoms with van der Waals surface area (Å²) in [7, 11) is 3.71. The monoisotopic (exact) mass is 248 g/mol. The minimum Gasteiger partial charge on any atom is -0.394 e. The summed E-state index contributed by atoms with van der Waals surface area (Å²) in [6.07, 6.45) is -2.81. The molecule has 2 aliphatic heterocycles. The molecule has 1 fully saturated rings. The van der Waals surface area contributed by atoms with Crippen LogP contribution in [0.25, 0.3) is 0 Å². The number of aliphatic hydroxyl groups is 3. The second-order valence-electron chi connectivity index (χ2n) is 4.12. The first-order valence-electron chi connectivity index (χ1n) is 5.09. The molecule has 2 aliphatic rings. The number of amidine groups is 1. The molecule has 2 heterocycles. The smallest absolute Gasteiger partial charge is 0.161 e. The third-order valence-corrected chi connectivity index (χ3v) is 4.02. The zero-order valence-electron chi connectivity index (χ0n) is 9.15. The van der Waals surface area contributed by atoms with Gasteiger partial charge in [0.25, 0.3) is 0 Å². The van der Waals surface area contributed by atoms with Crippen LogP contribution in [-0.2, 0) is 4.74 Å². The van der Waals surface area contributed by atoms with Gasteiger partial charge >= 0.3 is 0 Å². The fraction of sp³-hybridized carbons (Fsp3) is 0.889. The Labute approximate surface area is 97.9 Å². The number of hydrogen-bond acceptors (Lipinski definition) is 7. The van der Waals surface area contributed by atoms with Crippen LogP contribution in [0.2, 0.25) is 0 Å². The predicted molar refractivity (Wildman–Crippen MR) is 60.3 cm³/mol. The standard InChI is InChI=1S/C9H16N2O4S/c1-11(2)9-10-5-7(14)6(13)4(3-12)15-8(5)16-9/h4-8,12-14H,3H2,1-2H3/t4-,5-,6+,7+,8-/m1/s1. The van der Waals surface area contributed by atoms with Gasteiger partial charge in [0.05, 0.1) is 6.61 Å². The first-order chi connectivity index (χ1) is 7.54. The maximum Gasteiger partial charge on any atom is 0.161 e. The van der Waals surface area contributed by atoms with Crippen molar-refractivity contribution in [1.82, 2.24) is 4.90 Å². The normalized spacial score (nSPS) is 42.8. The van der Waals surface area contributed by atoms with Gasteiger partial charge in [-0.05, 0) is 0 Å². The molecule has 92 valence electrons. The summed E-state index contributed by atoms with van der Waals surface area (Å²) in [5.41, 5.74) is -0.326. The van der Waals surface area contributed by atoms with Crippen LogP contribution in [0.1, 0.15) is 0 Å². The van der Waals surface area contributed by atoms with Crippen LogP contribution in [0.3, 0.4) is 0 Å². The molecule has 1 saturated heterocycles. The first kappa shape index (κ1) is 12.1. The van der Waals surface area contributed by atoms with Crippen LogP contribution in [0.4, 0.5) is 0 Å². The minimum absolute atomic E-state index is 0.306. The SMILES string of the molecule is CN(C)C1=N[C@@H]2[C@H](O)[C@@H](O)[C@@H](CO)O[C@@H]2S1. The maximum absolute atomic E-state index is 9.87. The molecule has 0 saturated carbocycles. The Morgan fingerprint density at radius 1 is 1.38 bits per heavy atom. The van der Waals surface area contributed by atoms with E-state index in [1.54, 1.807) is 0 Å². The number of ether oxygens (including phenoxy) is 1. The van der Waals surface area contributed by atoms with E-state index in [2.05, 4.69) is 4.99 Å². The van der Waals surface area contributed by atoms with Crippen LogP contribution in [0.5, 0.6) is 0 Å². The Kier molecular flexibility index (Phi) is 3.41. The zero-order chi connectivity index (χ0) is 11.9. The van der Waals surface area contributed by atoms with Crippen molar-refractivity contribution in [2.45, 2.75) is 29.8 Å². The average molecular weight is 248 g/mol. The Morgan fingerprint density at radius 2 is 2.06 bits per heavy atom. The van der Waals surface area contributed by atoms with Crippen molar-refractivity contribution >= 4 is 16.9 Å². The number of hydrogen-bond donors (Lipinski definition) is 3. The van der Waals surface area contributed by atoms with Gasteiger partial charge in [-0.25, -0.2) is 0 Å². The molecule has 0 amide bonds. The van der Waals surface area contributed by atoms with Crippen molar-refractivity contribution < 1.29 is 20.1 Å². The quantitative estimate of drug-likeness (QED) is 0.521. The van der Waals surface area contributed by atoms with E-state index in [0.717, 1.165) is 5.17 Å². The topological polar surface area (TPSA) is 85.5 Å². The molecule has 0 aliphatic carbocycles. The molecule has 5 atom stereocenters.